The van der Waals surface area contributed by atoms with Crippen LogP contribution in [0.5, 0.6) is 11.5 Å². The molecule has 0 bridgehead atoms. The smallest absolute Gasteiger partial charge is 0.261 e. The minimum absolute atomic E-state index is 0.128. The molecule has 0 saturated heterocycles. The molecule has 1 unspecified atom stereocenters. The van der Waals surface area contributed by atoms with Crippen LogP contribution in [0.2, 0.25) is 5.02 Å². The van der Waals surface area contributed by atoms with Gasteiger partial charge in [0, 0.05) is 17.6 Å². The third-order valence-corrected chi connectivity index (χ3v) is 6.17. The van der Waals surface area contributed by atoms with Crippen LogP contribution in [0.15, 0.2) is 48.5 Å². The molecule has 2 aromatic rings. The van der Waals surface area contributed by atoms with E-state index in [1.54, 1.807) is 30.2 Å². The van der Waals surface area contributed by atoms with Crippen LogP contribution in [0, 0.1) is 0 Å². The van der Waals surface area contributed by atoms with Crippen molar-refractivity contribution in [3.05, 3.63) is 59.1 Å². The quantitative estimate of drug-likeness (QED) is 0.565. The van der Waals surface area contributed by atoms with Gasteiger partial charge in [-0.05, 0) is 43.0 Å². The molecule has 7 heteroatoms. The topological polar surface area (TPSA) is 67.9 Å². The molecule has 0 spiro atoms. The zero-order valence-electron chi connectivity index (χ0n) is 18.7. The maximum absolute atomic E-state index is 13.3. The molecule has 1 aliphatic rings. The van der Waals surface area contributed by atoms with Crippen LogP contribution in [-0.4, -0.2) is 42.5 Å². The summed E-state index contributed by atoms with van der Waals surface area (Å²) in [6.45, 7) is 1.93. The highest BCUT2D eigenvalue weighted by molar-refractivity contribution is 6.31. The number of halogens is 1. The number of para-hydroxylation sites is 2. The first kappa shape index (κ1) is 23.9. The van der Waals surface area contributed by atoms with E-state index in [1.807, 2.05) is 37.3 Å². The molecule has 2 aromatic carbocycles. The SMILES string of the molecule is CCC(C(=O)NC1CCCC1)N(Cc1ccccc1Cl)C(=O)COc1ccccc1OC. The summed E-state index contributed by atoms with van der Waals surface area (Å²) < 4.78 is 11.1. The summed E-state index contributed by atoms with van der Waals surface area (Å²) in [7, 11) is 1.55. The highest BCUT2D eigenvalue weighted by atomic mass is 35.5. The van der Waals surface area contributed by atoms with E-state index in [0.717, 1.165) is 31.2 Å². The number of carbonyl (C=O) groups excluding carboxylic acids is 2. The third kappa shape index (κ3) is 6.16. The van der Waals surface area contributed by atoms with Crippen molar-refractivity contribution in [1.29, 1.82) is 0 Å². The van der Waals surface area contributed by atoms with Crippen LogP contribution in [-0.2, 0) is 16.1 Å². The van der Waals surface area contributed by atoms with Crippen LogP contribution < -0.4 is 14.8 Å². The van der Waals surface area contributed by atoms with E-state index in [9.17, 15) is 9.59 Å². The molecule has 0 aromatic heterocycles. The highest BCUT2D eigenvalue weighted by Crippen LogP contribution is 2.26. The van der Waals surface area contributed by atoms with Gasteiger partial charge in [0.1, 0.15) is 6.04 Å². The van der Waals surface area contributed by atoms with Crippen molar-refractivity contribution in [3.8, 4) is 11.5 Å². The van der Waals surface area contributed by atoms with Gasteiger partial charge in [0.2, 0.25) is 5.91 Å². The number of rotatable bonds is 10. The fourth-order valence-corrected chi connectivity index (χ4v) is 4.25. The molecule has 2 amide bonds. The lowest BCUT2D eigenvalue weighted by atomic mass is 10.1. The van der Waals surface area contributed by atoms with E-state index < -0.39 is 6.04 Å². The Kier molecular flexibility index (Phi) is 8.80. The molecule has 1 saturated carbocycles. The second kappa shape index (κ2) is 11.8. The van der Waals surface area contributed by atoms with Crippen LogP contribution in [0.1, 0.15) is 44.6 Å². The van der Waals surface area contributed by atoms with Crippen LogP contribution >= 0.6 is 11.6 Å². The summed E-state index contributed by atoms with van der Waals surface area (Å²) in [5.41, 5.74) is 0.784. The molecule has 172 valence electrons. The number of ether oxygens (including phenoxy) is 2. The Morgan fingerprint density at radius 1 is 1.09 bits per heavy atom. The summed E-state index contributed by atoms with van der Waals surface area (Å²) in [4.78, 5) is 28.0. The molecule has 0 heterocycles. The van der Waals surface area contributed by atoms with Gasteiger partial charge in [0.25, 0.3) is 5.91 Å². The number of nitrogens with one attached hydrogen (secondary N) is 1. The first-order chi connectivity index (χ1) is 15.5. The molecule has 3 rings (SSSR count). The van der Waals surface area contributed by atoms with E-state index in [4.69, 9.17) is 21.1 Å². The van der Waals surface area contributed by atoms with E-state index in [2.05, 4.69) is 5.32 Å². The Balaban J connectivity index is 1.78. The predicted molar refractivity (Wildman–Crippen MR) is 125 cm³/mol. The molecule has 0 radical (unpaired) electrons. The Labute approximate surface area is 194 Å². The standard InChI is InChI=1S/C25H31ClN2O4/c1-3-21(25(30)27-19-11-5-6-12-19)28(16-18-10-4-7-13-20(18)26)24(29)17-32-23-15-9-8-14-22(23)31-2/h4,7-10,13-15,19,21H,3,5-6,11-12,16-17H2,1-2H3,(H,27,30). The monoisotopic (exact) mass is 458 g/mol. The number of benzene rings is 2. The molecule has 1 N–H and O–H groups in total. The number of methoxy groups -OCH3 is 1. The Morgan fingerprint density at radius 2 is 1.75 bits per heavy atom. The van der Waals surface area contributed by atoms with E-state index in [1.165, 1.54) is 0 Å². The Morgan fingerprint density at radius 3 is 2.41 bits per heavy atom. The van der Waals surface area contributed by atoms with Gasteiger partial charge in [-0.25, -0.2) is 0 Å². The van der Waals surface area contributed by atoms with Crippen molar-refractivity contribution >= 4 is 23.4 Å². The molecule has 1 atom stereocenters. The van der Waals surface area contributed by atoms with Crippen molar-refractivity contribution in [2.45, 2.75) is 57.7 Å². The second-order valence-corrected chi connectivity index (χ2v) is 8.37. The maximum Gasteiger partial charge on any atom is 0.261 e. The maximum atomic E-state index is 13.3. The molecule has 1 aliphatic carbocycles. The van der Waals surface area contributed by atoms with Gasteiger partial charge in [-0.3, -0.25) is 9.59 Å². The zero-order chi connectivity index (χ0) is 22.9. The largest absolute Gasteiger partial charge is 0.493 e. The highest BCUT2D eigenvalue weighted by Gasteiger charge is 2.31. The number of nitrogens with zero attached hydrogens (tertiary/aromatic N) is 1. The summed E-state index contributed by atoms with van der Waals surface area (Å²) in [5.74, 6) is 0.606. The second-order valence-electron chi connectivity index (χ2n) is 7.97. The third-order valence-electron chi connectivity index (χ3n) is 5.81. The van der Waals surface area contributed by atoms with E-state index in [0.29, 0.717) is 22.9 Å². The number of amides is 2. The Hall–Kier alpha value is -2.73. The van der Waals surface area contributed by atoms with Gasteiger partial charge in [-0.15, -0.1) is 0 Å². The van der Waals surface area contributed by atoms with Gasteiger partial charge in [0.05, 0.1) is 7.11 Å². The number of hydrogen-bond acceptors (Lipinski definition) is 4. The summed E-state index contributed by atoms with van der Waals surface area (Å²) in [6, 6.07) is 14.1. The predicted octanol–water partition coefficient (Wildman–Crippen LogP) is 4.59. The lowest BCUT2D eigenvalue weighted by Crippen LogP contribution is -2.52. The molecule has 0 aliphatic heterocycles. The fourth-order valence-electron chi connectivity index (χ4n) is 4.06. The van der Waals surface area contributed by atoms with Gasteiger partial charge in [-0.1, -0.05) is 61.7 Å². The average Bonchev–Trinajstić information content (AvgIpc) is 3.31. The van der Waals surface area contributed by atoms with Crippen LogP contribution in [0.4, 0.5) is 0 Å². The lowest BCUT2D eigenvalue weighted by molar-refractivity contribution is -0.143. The van der Waals surface area contributed by atoms with E-state index >= 15 is 0 Å². The first-order valence-corrected chi connectivity index (χ1v) is 11.5. The van der Waals surface area contributed by atoms with Crippen LogP contribution in [0.3, 0.4) is 0 Å². The van der Waals surface area contributed by atoms with Crippen molar-refractivity contribution in [2.75, 3.05) is 13.7 Å². The van der Waals surface area contributed by atoms with Gasteiger partial charge in [-0.2, -0.15) is 0 Å². The summed E-state index contributed by atoms with van der Waals surface area (Å²) >= 11 is 6.36. The molecule has 32 heavy (non-hydrogen) atoms. The normalized spacial score (nSPS) is 14.6. The van der Waals surface area contributed by atoms with Gasteiger partial charge >= 0.3 is 0 Å². The van der Waals surface area contributed by atoms with Crippen molar-refractivity contribution in [1.82, 2.24) is 10.2 Å². The summed E-state index contributed by atoms with van der Waals surface area (Å²) in [5, 5.41) is 3.69. The molecular formula is C25H31ClN2O4. The minimum Gasteiger partial charge on any atom is -0.493 e. The van der Waals surface area contributed by atoms with Crippen molar-refractivity contribution in [3.63, 3.8) is 0 Å². The van der Waals surface area contributed by atoms with Crippen molar-refractivity contribution in [2.24, 2.45) is 0 Å². The number of carbonyl (C=O) groups is 2. The minimum atomic E-state index is -0.611. The molecule has 6 nitrogen and oxygen atoms in total. The molecular weight excluding hydrogens is 428 g/mol. The van der Waals surface area contributed by atoms with Crippen molar-refractivity contribution < 1.29 is 19.1 Å². The molecule has 1 fully saturated rings. The Bertz CT molecular complexity index is 914. The average molecular weight is 459 g/mol. The first-order valence-electron chi connectivity index (χ1n) is 11.1. The number of hydrogen-bond donors (Lipinski definition) is 1. The van der Waals surface area contributed by atoms with Crippen LogP contribution in [0.25, 0.3) is 0 Å². The zero-order valence-corrected chi connectivity index (χ0v) is 19.4. The lowest BCUT2D eigenvalue weighted by Gasteiger charge is -2.31. The van der Waals surface area contributed by atoms with E-state index in [-0.39, 0.29) is 31.0 Å². The summed E-state index contributed by atoms with van der Waals surface area (Å²) in [6.07, 6.45) is 4.70. The van der Waals surface area contributed by atoms with Gasteiger partial charge < -0.3 is 19.7 Å². The van der Waals surface area contributed by atoms with Gasteiger partial charge in [0.15, 0.2) is 18.1 Å². The fraction of sp³-hybridized carbons (Fsp3) is 0.440.